The van der Waals surface area contributed by atoms with E-state index in [9.17, 15) is 26.4 Å². The zero-order chi connectivity index (χ0) is 21.8. The van der Waals surface area contributed by atoms with Crippen molar-refractivity contribution in [2.75, 3.05) is 19.5 Å². The van der Waals surface area contributed by atoms with Crippen molar-refractivity contribution in [3.05, 3.63) is 30.6 Å². The molecule has 0 spiro atoms. The summed E-state index contributed by atoms with van der Waals surface area (Å²) in [6.45, 7) is 0. The van der Waals surface area contributed by atoms with Gasteiger partial charge >= 0.3 is 52.5 Å². The zero-order valence-electron chi connectivity index (χ0n) is 16.8. The van der Waals surface area contributed by atoms with Crippen LogP contribution in [0.4, 0.5) is 23.9 Å². The van der Waals surface area contributed by atoms with Crippen molar-refractivity contribution in [1.82, 2.24) is 15.0 Å². The van der Waals surface area contributed by atoms with Gasteiger partial charge in [0.2, 0.25) is 17.7 Å². The van der Waals surface area contributed by atoms with Gasteiger partial charge in [0.15, 0.2) is 0 Å². The van der Waals surface area contributed by atoms with Gasteiger partial charge in [-0.1, -0.05) is 4.36 Å². The molecule has 1 unspecified atom stereocenters. The first-order chi connectivity index (χ1) is 13.7. The predicted octanol–water partition coefficient (Wildman–Crippen LogP) is -0.774. The third kappa shape index (κ3) is 10.9. The standard InChI is InChI=1S/C7H6F3NO.C7H8N4O5S.Na.H/c8-6(9)7(10)12-5-2-1-3-11-4-5;1-15-4-3-5(16-2)9-6(8-4)10-7(12)11-17(13)14;;/h1-4,6-7H;3H,1-2H3,(H,8,9,10,12);;/q;;+1;-1. The van der Waals surface area contributed by atoms with Gasteiger partial charge in [0.05, 0.1) is 26.5 Å². The molecule has 0 radical (unpaired) electrons. The number of methoxy groups -OCH3 is 2. The van der Waals surface area contributed by atoms with Gasteiger partial charge in [-0.15, -0.1) is 0 Å². The van der Waals surface area contributed by atoms with Crippen LogP contribution in [-0.2, 0) is 10.5 Å². The van der Waals surface area contributed by atoms with E-state index in [0.29, 0.717) is 0 Å². The number of aromatic nitrogens is 3. The Morgan fingerprint density at radius 1 is 1.20 bits per heavy atom. The van der Waals surface area contributed by atoms with Gasteiger partial charge in [0.1, 0.15) is 5.75 Å². The number of halogens is 3. The summed E-state index contributed by atoms with van der Waals surface area (Å²) in [6, 6.07) is 3.09. The Kier molecular flexibility index (Phi) is 13.3. The fraction of sp³-hybridized carbons (Fsp3) is 0.286. The number of hydrogen-bond acceptors (Lipinski definition) is 9. The summed E-state index contributed by atoms with van der Waals surface area (Å²) in [5, 5.41) is 2.04. The second-order valence-corrected chi connectivity index (χ2v) is 5.12. The summed E-state index contributed by atoms with van der Waals surface area (Å²) in [6.07, 6.45) is -3.13. The number of alkyl halides is 3. The molecule has 0 aliphatic rings. The third-order valence-electron chi connectivity index (χ3n) is 2.55. The van der Waals surface area contributed by atoms with Crippen molar-refractivity contribution in [2.24, 2.45) is 4.36 Å². The minimum atomic E-state index is -3.13. The van der Waals surface area contributed by atoms with E-state index in [-0.39, 0.29) is 54.4 Å². The molecule has 2 aromatic heterocycles. The molecule has 0 fully saturated rings. The third-order valence-corrected chi connectivity index (χ3v) is 2.87. The van der Waals surface area contributed by atoms with Crippen LogP contribution >= 0.6 is 0 Å². The van der Waals surface area contributed by atoms with E-state index in [1.807, 2.05) is 5.32 Å². The van der Waals surface area contributed by atoms with Gasteiger partial charge < -0.3 is 15.6 Å². The van der Waals surface area contributed by atoms with E-state index in [2.05, 4.69) is 24.1 Å². The molecule has 0 aliphatic heterocycles. The van der Waals surface area contributed by atoms with Crippen molar-refractivity contribution in [3.63, 3.8) is 0 Å². The second kappa shape index (κ2) is 14.5. The molecule has 1 atom stereocenters. The van der Waals surface area contributed by atoms with Gasteiger partial charge in [0.25, 0.3) is 6.36 Å². The smallest absolute Gasteiger partial charge is 1.00 e. The number of ether oxygens (including phenoxy) is 3. The average Bonchev–Trinajstić information content (AvgIpc) is 2.68. The summed E-state index contributed by atoms with van der Waals surface area (Å²) in [5.41, 5.74) is 0. The molecular weight excluding hydrogens is 446 g/mol. The summed E-state index contributed by atoms with van der Waals surface area (Å²) < 4.78 is 72.2. The largest absolute Gasteiger partial charge is 1.00 e. The SMILES string of the molecule is COc1cc(OC)nc(NC(=O)N=S(=O)=O)n1.FC(F)C(F)Oc1cccnc1.[H-].[Na+]. The molecule has 11 nitrogen and oxygen atoms in total. The molecule has 2 amide bonds. The maximum atomic E-state index is 12.2. The molecule has 2 rings (SSSR count). The minimum absolute atomic E-state index is 0. The molecule has 0 aliphatic carbocycles. The Balaban J connectivity index is 0. The Hall–Kier alpha value is -2.49. The monoisotopic (exact) mass is 461 g/mol. The molecule has 0 bridgehead atoms. The molecular formula is C14H15F3N5NaO6S. The Morgan fingerprint density at radius 3 is 2.23 bits per heavy atom. The molecule has 160 valence electrons. The van der Waals surface area contributed by atoms with Crippen LogP contribution in [-0.4, -0.2) is 56.4 Å². The van der Waals surface area contributed by atoms with Crippen LogP contribution in [0.2, 0.25) is 0 Å². The van der Waals surface area contributed by atoms with Gasteiger partial charge in [-0.3, -0.25) is 10.3 Å². The van der Waals surface area contributed by atoms with Crippen LogP contribution in [0.25, 0.3) is 0 Å². The maximum absolute atomic E-state index is 12.2. The van der Waals surface area contributed by atoms with Crippen LogP contribution in [0.3, 0.4) is 0 Å². The first-order valence-corrected chi connectivity index (χ1v) is 8.36. The van der Waals surface area contributed by atoms with Crippen molar-refractivity contribution in [3.8, 4) is 17.5 Å². The number of rotatable bonds is 6. The molecule has 1 N–H and O–H groups in total. The molecule has 0 saturated carbocycles. The van der Waals surface area contributed by atoms with E-state index < -0.39 is 29.3 Å². The van der Waals surface area contributed by atoms with Gasteiger partial charge in [0, 0.05) is 6.20 Å². The first kappa shape index (κ1) is 27.5. The molecule has 30 heavy (non-hydrogen) atoms. The van der Waals surface area contributed by atoms with Gasteiger partial charge in [-0.05, 0) is 12.1 Å². The predicted molar refractivity (Wildman–Crippen MR) is 92.4 cm³/mol. The summed E-state index contributed by atoms with van der Waals surface area (Å²) >= 11 is 0. The Morgan fingerprint density at radius 2 is 1.80 bits per heavy atom. The number of amides is 2. The molecule has 0 aromatic carbocycles. The van der Waals surface area contributed by atoms with Crippen LogP contribution in [0, 0.1) is 0 Å². The number of urea groups is 1. The van der Waals surface area contributed by atoms with Crippen LogP contribution in [0.1, 0.15) is 1.43 Å². The molecule has 16 heteroatoms. The summed E-state index contributed by atoms with van der Waals surface area (Å²) in [5.74, 6) is 0.108. The van der Waals surface area contributed by atoms with Crippen molar-refractivity contribution >= 4 is 22.5 Å². The number of carbonyl (C=O) groups is 1. The number of carbonyl (C=O) groups excluding carboxylic acids is 1. The normalized spacial score (nSPS) is 10.5. The topological polar surface area (TPSA) is 142 Å². The average molecular weight is 461 g/mol. The number of anilines is 1. The zero-order valence-corrected chi connectivity index (χ0v) is 18.6. The number of nitrogens with zero attached hydrogens (tertiary/aromatic N) is 4. The molecule has 2 heterocycles. The van der Waals surface area contributed by atoms with Gasteiger partial charge in [-0.25, -0.2) is 13.6 Å². The van der Waals surface area contributed by atoms with Crippen LogP contribution in [0.5, 0.6) is 17.5 Å². The molecule has 2 aromatic rings. The summed E-state index contributed by atoms with van der Waals surface area (Å²) in [7, 11) is -0.108. The van der Waals surface area contributed by atoms with E-state index in [1.165, 1.54) is 38.6 Å². The Bertz CT molecular complexity index is 915. The second-order valence-electron chi connectivity index (χ2n) is 4.51. The van der Waals surface area contributed by atoms with Gasteiger partial charge in [-0.2, -0.15) is 22.8 Å². The number of nitrogens with one attached hydrogen (secondary N) is 1. The minimum Gasteiger partial charge on any atom is -1.00 e. The number of pyridine rings is 1. The van der Waals surface area contributed by atoms with E-state index in [0.717, 1.165) is 6.20 Å². The maximum Gasteiger partial charge on any atom is 1.00 e. The van der Waals surface area contributed by atoms with E-state index in [4.69, 9.17) is 9.47 Å². The van der Waals surface area contributed by atoms with E-state index >= 15 is 0 Å². The fourth-order valence-electron chi connectivity index (χ4n) is 1.45. The summed E-state index contributed by atoms with van der Waals surface area (Å²) in [4.78, 5) is 22.0. The van der Waals surface area contributed by atoms with Crippen LogP contribution in [0.15, 0.2) is 35.0 Å². The quantitative estimate of drug-likeness (QED) is 0.549. The fourth-order valence-corrected chi connectivity index (χ4v) is 1.63. The molecule has 0 saturated heterocycles. The number of hydrogen-bond donors (Lipinski definition) is 1. The van der Waals surface area contributed by atoms with Crippen molar-refractivity contribution in [2.45, 2.75) is 12.8 Å². The van der Waals surface area contributed by atoms with Crippen LogP contribution < -0.4 is 49.1 Å². The van der Waals surface area contributed by atoms with E-state index in [1.54, 1.807) is 0 Å². The Labute approximate surface area is 193 Å². The van der Waals surface area contributed by atoms with Crippen molar-refractivity contribution < 1.29 is 71.6 Å². The first-order valence-electron chi connectivity index (χ1n) is 7.33. The van der Waals surface area contributed by atoms with Crippen molar-refractivity contribution in [1.29, 1.82) is 0 Å².